The number of amides is 2. The fourth-order valence-electron chi connectivity index (χ4n) is 3.39. The Morgan fingerprint density at radius 3 is 3.00 bits per heavy atom. The van der Waals surface area contributed by atoms with Crippen molar-refractivity contribution in [1.29, 1.82) is 0 Å². The van der Waals surface area contributed by atoms with Gasteiger partial charge in [-0.3, -0.25) is 0 Å². The number of benzene rings is 1. The number of rotatable bonds is 4. The van der Waals surface area contributed by atoms with Gasteiger partial charge in [0.15, 0.2) is 0 Å². The summed E-state index contributed by atoms with van der Waals surface area (Å²) >= 11 is 0. The maximum Gasteiger partial charge on any atom is 0.321 e. The first kappa shape index (κ1) is 15.2. The molecule has 1 saturated heterocycles. The molecule has 2 heterocycles. The lowest BCUT2D eigenvalue weighted by atomic mass is 10.1. The van der Waals surface area contributed by atoms with Crippen LogP contribution < -0.4 is 5.32 Å². The molecule has 2 fully saturated rings. The second kappa shape index (κ2) is 6.26. The summed E-state index contributed by atoms with van der Waals surface area (Å²) in [4.78, 5) is 14.4. The topological polar surface area (TPSA) is 63.1 Å². The minimum absolute atomic E-state index is 0.0215. The Morgan fingerprint density at radius 1 is 1.33 bits per heavy atom. The van der Waals surface area contributed by atoms with Crippen LogP contribution in [0.3, 0.4) is 0 Å². The van der Waals surface area contributed by atoms with E-state index in [2.05, 4.69) is 33.1 Å². The molecule has 2 aromatic rings. The summed E-state index contributed by atoms with van der Waals surface area (Å²) in [5.74, 6) is 1.67. The van der Waals surface area contributed by atoms with E-state index < -0.39 is 0 Å². The highest BCUT2D eigenvalue weighted by atomic mass is 16.2. The van der Waals surface area contributed by atoms with Gasteiger partial charge in [0.25, 0.3) is 0 Å². The SMILES string of the molecule is CCc1cccc(NC(=O)N2CCC(n3cnnc3C3CC3)C2)c1. The van der Waals surface area contributed by atoms with Crippen LogP contribution in [0.1, 0.15) is 49.5 Å². The fourth-order valence-corrected chi connectivity index (χ4v) is 3.39. The third-order valence-corrected chi connectivity index (χ3v) is 4.97. The standard InChI is InChI=1S/C18H23N5O/c1-2-13-4-3-5-15(10-13)20-18(24)22-9-8-16(11-22)23-12-19-21-17(23)14-6-7-14/h3-5,10,12,14,16H,2,6-9,11H2,1H3,(H,20,24). The molecule has 2 amide bonds. The van der Waals surface area contributed by atoms with Gasteiger partial charge in [0.1, 0.15) is 12.2 Å². The summed E-state index contributed by atoms with van der Waals surface area (Å²) < 4.78 is 2.18. The van der Waals surface area contributed by atoms with Crippen molar-refractivity contribution in [2.75, 3.05) is 18.4 Å². The zero-order valence-electron chi connectivity index (χ0n) is 14.0. The number of nitrogens with zero attached hydrogens (tertiary/aromatic N) is 4. The number of urea groups is 1. The minimum atomic E-state index is -0.0215. The number of aromatic nitrogens is 3. The third kappa shape index (κ3) is 3.00. The van der Waals surface area contributed by atoms with Crippen molar-refractivity contribution < 1.29 is 4.79 Å². The number of carbonyl (C=O) groups is 1. The third-order valence-electron chi connectivity index (χ3n) is 4.97. The van der Waals surface area contributed by atoms with Gasteiger partial charge in [0.2, 0.25) is 0 Å². The summed E-state index contributed by atoms with van der Waals surface area (Å²) in [6.07, 6.45) is 6.17. The van der Waals surface area contributed by atoms with Crippen molar-refractivity contribution in [3.8, 4) is 0 Å². The summed E-state index contributed by atoms with van der Waals surface area (Å²) in [5.41, 5.74) is 2.09. The van der Waals surface area contributed by atoms with Crippen LogP contribution in [-0.2, 0) is 6.42 Å². The van der Waals surface area contributed by atoms with E-state index >= 15 is 0 Å². The maximum absolute atomic E-state index is 12.5. The molecule has 126 valence electrons. The van der Waals surface area contributed by atoms with Crippen LogP contribution in [0.25, 0.3) is 0 Å². The predicted octanol–water partition coefficient (Wildman–Crippen LogP) is 3.20. The van der Waals surface area contributed by atoms with E-state index in [9.17, 15) is 4.79 Å². The van der Waals surface area contributed by atoms with Crippen molar-refractivity contribution >= 4 is 11.7 Å². The number of carbonyl (C=O) groups excluding carboxylic acids is 1. The molecule has 2 aliphatic rings. The van der Waals surface area contributed by atoms with Crippen molar-refractivity contribution in [1.82, 2.24) is 19.7 Å². The Bertz CT molecular complexity index is 737. The maximum atomic E-state index is 12.5. The van der Waals surface area contributed by atoms with E-state index in [1.807, 2.05) is 29.4 Å². The highest BCUT2D eigenvalue weighted by Crippen LogP contribution is 2.40. The van der Waals surface area contributed by atoms with Gasteiger partial charge in [-0.1, -0.05) is 19.1 Å². The first-order valence-electron chi connectivity index (χ1n) is 8.79. The van der Waals surface area contributed by atoms with Gasteiger partial charge in [-0.2, -0.15) is 0 Å². The Kier molecular flexibility index (Phi) is 3.96. The molecule has 1 unspecified atom stereocenters. The summed E-state index contributed by atoms with van der Waals surface area (Å²) in [5, 5.41) is 11.4. The van der Waals surface area contributed by atoms with E-state index in [4.69, 9.17) is 0 Å². The summed E-state index contributed by atoms with van der Waals surface area (Å²) in [6, 6.07) is 8.31. The summed E-state index contributed by atoms with van der Waals surface area (Å²) in [7, 11) is 0. The van der Waals surface area contributed by atoms with E-state index in [0.29, 0.717) is 12.0 Å². The van der Waals surface area contributed by atoms with E-state index in [1.54, 1.807) is 0 Å². The van der Waals surface area contributed by atoms with Crippen molar-refractivity contribution in [2.24, 2.45) is 0 Å². The fraction of sp³-hybridized carbons (Fsp3) is 0.500. The van der Waals surface area contributed by atoms with Crippen molar-refractivity contribution in [3.63, 3.8) is 0 Å². The number of nitrogens with one attached hydrogen (secondary N) is 1. The Hall–Kier alpha value is -2.37. The monoisotopic (exact) mass is 325 g/mol. The number of anilines is 1. The second-order valence-corrected chi connectivity index (χ2v) is 6.74. The Labute approximate surface area is 141 Å². The molecule has 0 bridgehead atoms. The van der Waals surface area contributed by atoms with Crippen molar-refractivity contribution in [2.45, 2.75) is 44.6 Å². The number of likely N-dealkylation sites (tertiary alicyclic amines) is 1. The van der Waals surface area contributed by atoms with Crippen LogP contribution >= 0.6 is 0 Å². The molecular formula is C18H23N5O. The van der Waals surface area contributed by atoms with Crippen LogP contribution in [0.5, 0.6) is 0 Å². The quantitative estimate of drug-likeness (QED) is 0.939. The first-order valence-corrected chi connectivity index (χ1v) is 8.79. The molecule has 6 nitrogen and oxygen atoms in total. The molecule has 1 aliphatic heterocycles. The molecule has 1 aromatic carbocycles. The Morgan fingerprint density at radius 2 is 2.21 bits per heavy atom. The van der Waals surface area contributed by atoms with Gasteiger partial charge in [-0.15, -0.1) is 10.2 Å². The van der Waals surface area contributed by atoms with Crippen molar-refractivity contribution in [3.05, 3.63) is 42.0 Å². The van der Waals surface area contributed by atoms with Gasteiger partial charge >= 0.3 is 6.03 Å². The molecule has 24 heavy (non-hydrogen) atoms. The number of aryl methyl sites for hydroxylation is 1. The molecule has 1 aliphatic carbocycles. The molecule has 0 spiro atoms. The molecule has 6 heteroatoms. The zero-order chi connectivity index (χ0) is 16.5. The average molecular weight is 325 g/mol. The van der Waals surface area contributed by atoms with Crippen LogP contribution in [0.2, 0.25) is 0 Å². The van der Waals surface area contributed by atoms with Gasteiger partial charge in [-0.05, 0) is 43.4 Å². The van der Waals surface area contributed by atoms with Crippen LogP contribution in [-0.4, -0.2) is 38.8 Å². The lowest BCUT2D eigenvalue weighted by Gasteiger charge is -2.18. The zero-order valence-corrected chi connectivity index (χ0v) is 14.0. The molecule has 1 N–H and O–H groups in total. The predicted molar refractivity (Wildman–Crippen MR) is 92.1 cm³/mol. The molecule has 1 atom stereocenters. The van der Waals surface area contributed by atoms with Gasteiger partial charge in [-0.25, -0.2) is 4.79 Å². The van der Waals surface area contributed by atoms with Crippen LogP contribution in [0.15, 0.2) is 30.6 Å². The molecule has 1 saturated carbocycles. The number of hydrogen-bond donors (Lipinski definition) is 1. The largest absolute Gasteiger partial charge is 0.322 e. The molecule has 4 rings (SSSR count). The van der Waals surface area contributed by atoms with E-state index in [-0.39, 0.29) is 6.03 Å². The highest BCUT2D eigenvalue weighted by Gasteiger charge is 2.34. The van der Waals surface area contributed by atoms with E-state index in [0.717, 1.165) is 37.4 Å². The highest BCUT2D eigenvalue weighted by molar-refractivity contribution is 5.89. The molecular weight excluding hydrogens is 302 g/mol. The van der Waals surface area contributed by atoms with Gasteiger partial charge < -0.3 is 14.8 Å². The van der Waals surface area contributed by atoms with Crippen LogP contribution in [0.4, 0.5) is 10.5 Å². The van der Waals surface area contributed by atoms with Crippen LogP contribution in [0, 0.1) is 0 Å². The lowest BCUT2D eigenvalue weighted by molar-refractivity contribution is 0.221. The lowest BCUT2D eigenvalue weighted by Crippen LogP contribution is -2.33. The smallest absolute Gasteiger partial charge is 0.321 e. The average Bonchev–Trinajstić information content (AvgIpc) is 3.13. The minimum Gasteiger partial charge on any atom is -0.322 e. The van der Waals surface area contributed by atoms with E-state index in [1.165, 1.54) is 18.4 Å². The summed E-state index contributed by atoms with van der Waals surface area (Å²) in [6.45, 7) is 3.60. The second-order valence-electron chi connectivity index (χ2n) is 6.74. The number of hydrogen-bond acceptors (Lipinski definition) is 3. The molecule has 0 radical (unpaired) electrons. The molecule has 1 aromatic heterocycles. The van der Waals surface area contributed by atoms with Gasteiger partial charge in [0, 0.05) is 24.7 Å². The van der Waals surface area contributed by atoms with Gasteiger partial charge in [0.05, 0.1) is 6.04 Å². The first-order chi connectivity index (χ1) is 11.7. The Balaban J connectivity index is 1.40. The normalized spacial score (nSPS) is 20.4.